The molecule has 0 saturated carbocycles. The number of aromatic nitrogens is 1. The zero-order valence-corrected chi connectivity index (χ0v) is 9.65. The van der Waals surface area contributed by atoms with E-state index in [-0.39, 0.29) is 0 Å². The van der Waals surface area contributed by atoms with Gasteiger partial charge >= 0.3 is 89.2 Å². The fourth-order valence-electron chi connectivity index (χ4n) is 1.14. The molecule has 72 valence electrons. The molecule has 14 heavy (non-hydrogen) atoms. The molecule has 2 aromatic rings. The van der Waals surface area contributed by atoms with Crippen LogP contribution in [0.4, 0.5) is 0 Å². The van der Waals surface area contributed by atoms with E-state index in [1.54, 1.807) is 0 Å². The predicted octanol–water partition coefficient (Wildman–Crippen LogP) is 1.51. The van der Waals surface area contributed by atoms with Crippen molar-refractivity contribution in [3.8, 4) is 0 Å². The van der Waals surface area contributed by atoms with E-state index in [0.717, 1.165) is 17.0 Å². The monoisotopic (exact) mass is 253 g/mol. The van der Waals surface area contributed by atoms with E-state index in [1.165, 1.54) is 4.46 Å². The summed E-state index contributed by atoms with van der Waals surface area (Å²) in [7, 11) is 0. The fourth-order valence-corrected chi connectivity index (χ4v) is 2.80. The molecular weight excluding hydrogens is 241 g/mol. The van der Waals surface area contributed by atoms with Gasteiger partial charge in [0.05, 0.1) is 0 Å². The van der Waals surface area contributed by atoms with E-state index >= 15 is 0 Å². The van der Waals surface area contributed by atoms with Gasteiger partial charge < -0.3 is 0 Å². The van der Waals surface area contributed by atoms with Gasteiger partial charge in [0, 0.05) is 0 Å². The summed E-state index contributed by atoms with van der Waals surface area (Å²) in [6.45, 7) is 1.87. The van der Waals surface area contributed by atoms with Crippen LogP contribution in [0.25, 0.3) is 0 Å². The molecule has 0 fully saturated rings. The summed E-state index contributed by atoms with van der Waals surface area (Å²) in [4.78, 5) is 4.07. The van der Waals surface area contributed by atoms with E-state index in [2.05, 4.69) is 29.2 Å². The van der Waals surface area contributed by atoms with E-state index in [4.69, 9.17) is 4.42 Å². The quantitative estimate of drug-likeness (QED) is 0.774. The van der Waals surface area contributed by atoms with Crippen molar-refractivity contribution in [2.45, 2.75) is 12.2 Å². The molecule has 1 heterocycles. The molecule has 0 aliphatic rings. The van der Waals surface area contributed by atoms with Gasteiger partial charge in [0.2, 0.25) is 0 Å². The van der Waals surface area contributed by atoms with Crippen LogP contribution < -0.4 is 4.46 Å². The molecule has 0 aliphatic heterocycles. The van der Waals surface area contributed by atoms with Gasteiger partial charge in [0.25, 0.3) is 0 Å². The normalized spacial score (nSPS) is 10.4. The second-order valence-electron chi connectivity index (χ2n) is 2.95. The van der Waals surface area contributed by atoms with Crippen LogP contribution in [0, 0.1) is 6.92 Å². The van der Waals surface area contributed by atoms with Gasteiger partial charge in [-0.25, -0.2) is 0 Å². The Kier molecular flexibility index (Phi) is 3.02. The Labute approximate surface area is 89.5 Å². The second kappa shape index (κ2) is 4.45. The Balaban J connectivity index is 1.95. The fraction of sp³-hybridized carbons (Fsp3) is 0.182. The van der Waals surface area contributed by atoms with Gasteiger partial charge in [-0.1, -0.05) is 0 Å². The minimum absolute atomic E-state index is 0.452. The van der Waals surface area contributed by atoms with Gasteiger partial charge in [-0.05, 0) is 0 Å². The van der Waals surface area contributed by atoms with Crippen LogP contribution in [0.15, 0.2) is 40.9 Å². The third-order valence-electron chi connectivity index (χ3n) is 1.79. The maximum absolute atomic E-state index is 5.41. The SMILES string of the molecule is Cc1ncc(C[Se]c2ccccc2)o1. The summed E-state index contributed by atoms with van der Waals surface area (Å²) in [5.41, 5.74) is 0. The first-order valence-electron chi connectivity index (χ1n) is 4.44. The zero-order chi connectivity index (χ0) is 9.80. The van der Waals surface area contributed by atoms with Crippen molar-refractivity contribution in [2.24, 2.45) is 0 Å². The first kappa shape index (κ1) is 9.50. The first-order valence-corrected chi connectivity index (χ1v) is 6.50. The van der Waals surface area contributed by atoms with E-state index in [9.17, 15) is 0 Å². The summed E-state index contributed by atoms with van der Waals surface area (Å²) in [6.07, 6.45) is 1.82. The predicted molar refractivity (Wildman–Crippen MR) is 56.8 cm³/mol. The van der Waals surface area contributed by atoms with E-state index < -0.39 is 0 Å². The molecule has 0 N–H and O–H groups in total. The molecule has 1 aromatic carbocycles. The van der Waals surface area contributed by atoms with Crippen LogP contribution in [0.5, 0.6) is 0 Å². The summed E-state index contributed by atoms with van der Waals surface area (Å²) in [6, 6.07) is 10.5. The molecule has 0 atom stereocenters. The van der Waals surface area contributed by atoms with Gasteiger partial charge in [-0.15, -0.1) is 0 Å². The van der Waals surface area contributed by atoms with E-state index in [1.807, 2.05) is 19.2 Å². The Bertz CT molecular complexity index is 397. The van der Waals surface area contributed by atoms with Crippen LogP contribution >= 0.6 is 0 Å². The standard InChI is InChI=1S/C11H11NOSe/c1-9-12-7-10(13-9)8-14-11-5-3-2-4-6-11/h2-7H,8H2,1H3. The maximum atomic E-state index is 5.41. The molecule has 0 amide bonds. The van der Waals surface area contributed by atoms with Crippen molar-refractivity contribution in [1.82, 2.24) is 4.98 Å². The molecule has 2 rings (SSSR count). The van der Waals surface area contributed by atoms with Crippen molar-refractivity contribution in [2.75, 3.05) is 0 Å². The van der Waals surface area contributed by atoms with Crippen molar-refractivity contribution in [1.29, 1.82) is 0 Å². The zero-order valence-electron chi connectivity index (χ0n) is 7.93. The molecule has 0 unspecified atom stereocenters. The topological polar surface area (TPSA) is 26.0 Å². The van der Waals surface area contributed by atoms with Gasteiger partial charge in [-0.2, -0.15) is 0 Å². The van der Waals surface area contributed by atoms with Crippen LogP contribution in [-0.4, -0.2) is 19.9 Å². The van der Waals surface area contributed by atoms with Gasteiger partial charge in [0.15, 0.2) is 0 Å². The number of nitrogens with zero attached hydrogens (tertiary/aromatic N) is 1. The van der Waals surface area contributed by atoms with Crippen molar-refractivity contribution >= 4 is 19.4 Å². The molecule has 0 saturated heterocycles. The second-order valence-corrected chi connectivity index (χ2v) is 5.15. The molecule has 3 heteroatoms. The molecule has 0 bridgehead atoms. The summed E-state index contributed by atoms with van der Waals surface area (Å²) in [5, 5.41) is 0.984. The van der Waals surface area contributed by atoms with Gasteiger partial charge in [-0.3, -0.25) is 0 Å². The number of oxazole rings is 1. The van der Waals surface area contributed by atoms with Crippen LogP contribution in [0.1, 0.15) is 11.7 Å². The summed E-state index contributed by atoms with van der Waals surface area (Å²) >= 11 is 0.452. The van der Waals surface area contributed by atoms with Crippen LogP contribution in [0.3, 0.4) is 0 Å². The first-order chi connectivity index (χ1) is 6.84. The molecule has 0 spiro atoms. The minimum atomic E-state index is 0.452. The van der Waals surface area contributed by atoms with E-state index in [0.29, 0.717) is 15.0 Å². The number of aryl methyl sites for hydroxylation is 1. The Hall–Kier alpha value is -1.05. The van der Waals surface area contributed by atoms with Crippen LogP contribution in [0.2, 0.25) is 0 Å². The van der Waals surface area contributed by atoms with Crippen molar-refractivity contribution < 1.29 is 4.42 Å². The number of rotatable bonds is 3. The third-order valence-corrected chi connectivity index (χ3v) is 3.96. The van der Waals surface area contributed by atoms with Crippen molar-refractivity contribution in [3.63, 3.8) is 0 Å². The average molecular weight is 252 g/mol. The molecule has 2 nitrogen and oxygen atoms in total. The average Bonchev–Trinajstić information content (AvgIpc) is 2.63. The van der Waals surface area contributed by atoms with Gasteiger partial charge in [0.1, 0.15) is 0 Å². The molecular formula is C11H11NOSe. The molecule has 0 aliphatic carbocycles. The third kappa shape index (κ3) is 2.47. The Morgan fingerprint density at radius 3 is 2.71 bits per heavy atom. The Morgan fingerprint density at radius 2 is 2.07 bits per heavy atom. The molecule has 0 radical (unpaired) electrons. The number of hydrogen-bond donors (Lipinski definition) is 0. The number of benzene rings is 1. The summed E-state index contributed by atoms with van der Waals surface area (Å²) in [5.74, 6) is 1.75. The van der Waals surface area contributed by atoms with Crippen molar-refractivity contribution in [3.05, 3.63) is 48.2 Å². The summed E-state index contributed by atoms with van der Waals surface area (Å²) < 4.78 is 6.81. The number of hydrogen-bond acceptors (Lipinski definition) is 2. The Morgan fingerprint density at radius 1 is 1.29 bits per heavy atom. The van der Waals surface area contributed by atoms with Crippen LogP contribution in [-0.2, 0) is 5.32 Å². The molecule has 1 aromatic heterocycles.